The zero-order valence-corrected chi connectivity index (χ0v) is 17.5. The molecule has 1 aromatic carbocycles. The van der Waals surface area contributed by atoms with Gasteiger partial charge in [0.2, 0.25) is 0 Å². The maximum Gasteiger partial charge on any atom is 0.272 e. The number of aromatic amines is 1. The molecule has 1 saturated heterocycles. The highest BCUT2D eigenvalue weighted by molar-refractivity contribution is 5.94. The van der Waals surface area contributed by atoms with E-state index in [1.54, 1.807) is 17.0 Å². The molecule has 1 aromatic heterocycles. The zero-order chi connectivity index (χ0) is 21.8. The zero-order valence-electron chi connectivity index (χ0n) is 17.5. The van der Waals surface area contributed by atoms with Gasteiger partial charge in [0.05, 0.1) is 17.8 Å². The monoisotopic (exact) mass is 415 g/mol. The number of H-pyrrole nitrogens is 1. The lowest BCUT2D eigenvalue weighted by molar-refractivity contribution is 0.0757. The first kappa shape index (κ1) is 20.5. The Balaban J connectivity index is 1.53. The molecular formula is C24H25N5O2. The van der Waals surface area contributed by atoms with Crippen molar-refractivity contribution in [1.29, 1.82) is 5.26 Å². The lowest BCUT2D eigenvalue weighted by Crippen LogP contribution is -2.60. The van der Waals surface area contributed by atoms with Crippen molar-refractivity contribution in [3.8, 4) is 23.2 Å². The fourth-order valence-electron chi connectivity index (χ4n) is 4.23. The molecule has 4 rings (SSSR count). The summed E-state index contributed by atoms with van der Waals surface area (Å²) in [6.07, 6.45) is 11.4. The van der Waals surface area contributed by atoms with Crippen LogP contribution >= 0.6 is 0 Å². The molecular weight excluding hydrogens is 390 g/mol. The second-order valence-electron chi connectivity index (χ2n) is 7.89. The molecule has 7 heteroatoms. The van der Waals surface area contributed by atoms with Crippen molar-refractivity contribution in [3.05, 3.63) is 72.7 Å². The molecule has 158 valence electrons. The first-order valence-electron chi connectivity index (χ1n) is 10.3. The number of aromatic nitrogens is 2. The second kappa shape index (κ2) is 8.52. The number of carbonyl (C=O) groups excluding carboxylic acids is 1. The molecule has 2 fully saturated rings. The number of nitrogens with one attached hydrogen (secondary N) is 2. The van der Waals surface area contributed by atoms with E-state index in [1.165, 1.54) is 0 Å². The summed E-state index contributed by atoms with van der Waals surface area (Å²) in [6.45, 7) is 7.00. The molecule has 1 amide bonds. The molecule has 2 aliphatic rings. The van der Waals surface area contributed by atoms with Crippen LogP contribution < -0.4 is 10.1 Å². The normalized spacial score (nSPS) is 22.5. The van der Waals surface area contributed by atoms with Gasteiger partial charge in [-0.3, -0.25) is 9.89 Å². The minimum Gasteiger partial charge on any atom is -0.457 e. The Morgan fingerprint density at radius 1 is 1.48 bits per heavy atom. The van der Waals surface area contributed by atoms with Gasteiger partial charge in [-0.15, -0.1) is 0 Å². The van der Waals surface area contributed by atoms with Crippen molar-refractivity contribution in [1.82, 2.24) is 20.4 Å². The fraction of sp³-hybridized carbons (Fsp3) is 0.292. The number of ether oxygens (including phenoxy) is 1. The van der Waals surface area contributed by atoms with Crippen LogP contribution in [0.15, 0.2) is 67.0 Å². The van der Waals surface area contributed by atoms with Crippen molar-refractivity contribution in [3.63, 3.8) is 0 Å². The van der Waals surface area contributed by atoms with Crippen LogP contribution in [0.25, 0.3) is 11.3 Å². The summed E-state index contributed by atoms with van der Waals surface area (Å²) in [5, 5.41) is 19.5. The Hall–Kier alpha value is -3.79. The Morgan fingerprint density at radius 3 is 3.03 bits per heavy atom. The number of fused-ring (bicyclic) bond motifs is 1. The lowest BCUT2D eigenvalue weighted by Gasteiger charge is -2.44. The average molecular weight is 415 g/mol. The Kier molecular flexibility index (Phi) is 5.63. The number of allylic oxidation sites excluding steroid dienone is 4. The van der Waals surface area contributed by atoms with Crippen molar-refractivity contribution in [2.45, 2.75) is 25.3 Å². The fourth-order valence-corrected chi connectivity index (χ4v) is 4.23. The van der Waals surface area contributed by atoms with Crippen LogP contribution in [0.3, 0.4) is 0 Å². The van der Waals surface area contributed by atoms with E-state index >= 15 is 0 Å². The van der Waals surface area contributed by atoms with Crippen molar-refractivity contribution < 1.29 is 9.53 Å². The molecule has 1 aliphatic carbocycles. The van der Waals surface area contributed by atoms with Crippen LogP contribution in [0.4, 0.5) is 0 Å². The maximum atomic E-state index is 12.9. The predicted molar refractivity (Wildman–Crippen MR) is 118 cm³/mol. The van der Waals surface area contributed by atoms with Gasteiger partial charge in [-0.25, -0.2) is 0 Å². The van der Waals surface area contributed by atoms with Gasteiger partial charge in [0, 0.05) is 18.0 Å². The molecule has 2 aromatic rings. The van der Waals surface area contributed by atoms with E-state index in [-0.39, 0.29) is 11.4 Å². The van der Waals surface area contributed by atoms with Crippen LogP contribution in [0.2, 0.25) is 0 Å². The molecule has 2 heterocycles. The van der Waals surface area contributed by atoms with Crippen LogP contribution in [-0.2, 0) is 0 Å². The highest BCUT2D eigenvalue weighted by atomic mass is 16.5. The SMILES string of the molecule is C=C/C(=C\C=C/C)Oc1ccccc1-c1cc(C(=O)NC23CCC2CN(C#N)C3)n[nH]1. The molecule has 2 N–H and O–H groups in total. The molecule has 1 saturated carbocycles. The van der Waals surface area contributed by atoms with Gasteiger partial charge in [0.25, 0.3) is 5.91 Å². The first-order chi connectivity index (χ1) is 15.1. The van der Waals surface area contributed by atoms with Gasteiger partial charge in [0.1, 0.15) is 11.5 Å². The number of amides is 1. The molecule has 1 aliphatic heterocycles. The van der Waals surface area contributed by atoms with Crippen molar-refractivity contribution in [2.24, 2.45) is 5.92 Å². The van der Waals surface area contributed by atoms with Crippen molar-refractivity contribution >= 4 is 5.91 Å². The van der Waals surface area contributed by atoms with Crippen molar-refractivity contribution in [2.75, 3.05) is 13.1 Å². The van der Waals surface area contributed by atoms with Crippen LogP contribution in [0.5, 0.6) is 5.75 Å². The predicted octanol–water partition coefficient (Wildman–Crippen LogP) is 3.78. The summed E-state index contributed by atoms with van der Waals surface area (Å²) in [7, 11) is 0. The molecule has 2 unspecified atom stereocenters. The van der Waals surface area contributed by atoms with Gasteiger partial charge in [0.15, 0.2) is 11.9 Å². The largest absolute Gasteiger partial charge is 0.457 e. The lowest BCUT2D eigenvalue weighted by atomic mass is 9.69. The standard InChI is InChI=1S/C24H25N5O2/c1-3-5-8-18(4-2)31-22-10-7-6-9-19(22)20-13-21(28-27-20)23(30)26-24-12-11-17(24)14-29(15-24)16-25/h3-10,13,17H,2,11-12,14-15H2,1H3,(H,26,30)(H,27,28)/b5-3-,18-8+. The Labute approximate surface area is 181 Å². The van der Waals surface area contributed by atoms with Gasteiger partial charge in [-0.05, 0) is 50.1 Å². The minimum atomic E-state index is -0.316. The number of likely N-dealkylation sites (tertiary alicyclic amines) is 1. The van der Waals surface area contributed by atoms with E-state index in [1.807, 2.05) is 49.4 Å². The number of hydrogen-bond acceptors (Lipinski definition) is 5. The minimum absolute atomic E-state index is 0.231. The Morgan fingerprint density at radius 2 is 2.32 bits per heavy atom. The van der Waals surface area contributed by atoms with E-state index in [9.17, 15) is 10.1 Å². The number of benzene rings is 1. The number of nitriles is 1. The average Bonchev–Trinajstić information content (AvgIpc) is 3.36. The van der Waals surface area contributed by atoms with Crippen LogP contribution in [0, 0.1) is 17.4 Å². The van der Waals surface area contributed by atoms with Gasteiger partial charge in [-0.1, -0.05) is 30.9 Å². The summed E-state index contributed by atoms with van der Waals surface area (Å²) in [4.78, 5) is 14.6. The topological polar surface area (TPSA) is 94.0 Å². The summed E-state index contributed by atoms with van der Waals surface area (Å²) in [5.74, 6) is 1.34. The Bertz CT molecular complexity index is 1090. The number of para-hydroxylation sites is 1. The molecule has 0 bridgehead atoms. The quantitative estimate of drug-likeness (QED) is 0.408. The van der Waals surface area contributed by atoms with Gasteiger partial charge in [-0.2, -0.15) is 10.4 Å². The number of nitrogens with zero attached hydrogens (tertiary/aromatic N) is 3. The van der Waals surface area contributed by atoms with E-state index in [4.69, 9.17) is 4.74 Å². The van der Waals surface area contributed by atoms with E-state index < -0.39 is 0 Å². The molecule has 7 nitrogen and oxygen atoms in total. The number of carbonyl (C=O) groups is 1. The molecule has 0 spiro atoms. The molecule has 31 heavy (non-hydrogen) atoms. The maximum absolute atomic E-state index is 12.9. The highest BCUT2D eigenvalue weighted by Gasteiger charge is 2.54. The molecule has 2 atom stereocenters. The summed E-state index contributed by atoms with van der Waals surface area (Å²) < 4.78 is 6.00. The third-order valence-electron chi connectivity index (χ3n) is 6.01. The number of rotatable bonds is 7. The highest BCUT2D eigenvalue weighted by Crippen LogP contribution is 2.44. The van der Waals surface area contributed by atoms with E-state index in [2.05, 4.69) is 28.3 Å². The first-order valence-corrected chi connectivity index (χ1v) is 10.3. The number of hydrogen-bond donors (Lipinski definition) is 2. The van der Waals surface area contributed by atoms with E-state index in [0.29, 0.717) is 41.9 Å². The second-order valence-corrected chi connectivity index (χ2v) is 7.89. The third-order valence-corrected chi connectivity index (χ3v) is 6.01. The molecule has 0 radical (unpaired) electrons. The van der Waals surface area contributed by atoms with E-state index in [0.717, 1.165) is 18.4 Å². The van der Waals surface area contributed by atoms with Crippen LogP contribution in [0.1, 0.15) is 30.3 Å². The smallest absolute Gasteiger partial charge is 0.272 e. The summed E-state index contributed by atoms with van der Waals surface area (Å²) in [5.41, 5.74) is 1.47. The summed E-state index contributed by atoms with van der Waals surface area (Å²) in [6, 6.07) is 9.27. The third kappa shape index (κ3) is 3.97. The van der Waals surface area contributed by atoms with Crippen LogP contribution in [-0.4, -0.2) is 39.6 Å². The van der Waals surface area contributed by atoms with Gasteiger partial charge >= 0.3 is 0 Å². The summed E-state index contributed by atoms with van der Waals surface area (Å²) >= 11 is 0. The van der Waals surface area contributed by atoms with Gasteiger partial charge < -0.3 is 15.0 Å².